The minimum atomic E-state index is 0.117. The highest BCUT2D eigenvalue weighted by atomic mass is 16.3. The van der Waals surface area contributed by atoms with Crippen LogP contribution in [0.3, 0.4) is 0 Å². The molecule has 0 unspecified atom stereocenters. The molecule has 0 radical (unpaired) electrons. The fourth-order valence-corrected chi connectivity index (χ4v) is 3.78. The lowest BCUT2D eigenvalue weighted by Gasteiger charge is -2.32. The van der Waals surface area contributed by atoms with Crippen molar-refractivity contribution in [3.05, 3.63) is 53.0 Å². The molecule has 25 heavy (non-hydrogen) atoms. The number of nitrogens with one attached hydrogen (secondary N) is 1. The minimum Gasteiger partial charge on any atom is -0.461 e. The topological polar surface area (TPSA) is 62.1 Å². The minimum absolute atomic E-state index is 0.117. The zero-order valence-corrected chi connectivity index (χ0v) is 14.7. The van der Waals surface area contributed by atoms with Crippen LogP contribution in [0.4, 0.5) is 0 Å². The van der Waals surface area contributed by atoms with Crippen molar-refractivity contribution < 1.29 is 9.21 Å². The number of hydrogen-bond acceptors (Lipinski definition) is 3. The Morgan fingerprint density at radius 1 is 1.36 bits per heavy atom. The second-order valence-corrected chi connectivity index (χ2v) is 7.10. The molecule has 1 atom stereocenters. The number of amides is 1. The third-order valence-electron chi connectivity index (χ3n) is 5.12. The summed E-state index contributed by atoms with van der Waals surface area (Å²) >= 11 is 0. The van der Waals surface area contributed by atoms with Gasteiger partial charge in [0.15, 0.2) is 0 Å². The van der Waals surface area contributed by atoms with Crippen LogP contribution >= 0.6 is 0 Å². The standard InChI is InChI=1S/C20H23N3O2/c1-13-11-21-22-18(13)9-15-4-3-7-23(12-15)20(24)16-5-6-19-17(10-16)8-14(2)25-19/h5-6,8,10-11,15H,3-4,7,9,12H2,1-2H3,(H,21,22)/t15-/m1/s1. The van der Waals surface area contributed by atoms with E-state index in [4.69, 9.17) is 4.42 Å². The number of benzene rings is 1. The van der Waals surface area contributed by atoms with Crippen LogP contribution in [0.1, 0.15) is 40.2 Å². The molecule has 2 aromatic heterocycles. The molecule has 130 valence electrons. The van der Waals surface area contributed by atoms with Crippen LogP contribution in [0, 0.1) is 19.8 Å². The zero-order valence-electron chi connectivity index (χ0n) is 14.7. The molecule has 0 spiro atoms. The van der Waals surface area contributed by atoms with Crippen LogP contribution in [-0.4, -0.2) is 34.1 Å². The molecule has 5 nitrogen and oxygen atoms in total. The molecule has 1 aliphatic heterocycles. The van der Waals surface area contributed by atoms with Crippen molar-refractivity contribution in [3.8, 4) is 0 Å². The van der Waals surface area contributed by atoms with Gasteiger partial charge in [0.1, 0.15) is 11.3 Å². The van der Waals surface area contributed by atoms with Gasteiger partial charge in [0, 0.05) is 29.7 Å². The second kappa shape index (κ2) is 6.39. The Balaban J connectivity index is 1.49. The number of hydrogen-bond donors (Lipinski definition) is 1. The largest absolute Gasteiger partial charge is 0.461 e. The number of nitrogens with zero attached hydrogens (tertiary/aromatic N) is 2. The summed E-state index contributed by atoms with van der Waals surface area (Å²) in [6, 6.07) is 7.68. The number of rotatable bonds is 3. The second-order valence-electron chi connectivity index (χ2n) is 7.10. The Labute approximate surface area is 147 Å². The maximum absolute atomic E-state index is 12.9. The van der Waals surface area contributed by atoms with Gasteiger partial charge in [-0.15, -0.1) is 0 Å². The van der Waals surface area contributed by atoms with Crippen LogP contribution in [0.15, 0.2) is 34.9 Å². The van der Waals surface area contributed by atoms with E-state index in [9.17, 15) is 4.79 Å². The number of aromatic nitrogens is 2. The lowest BCUT2D eigenvalue weighted by molar-refractivity contribution is 0.0673. The van der Waals surface area contributed by atoms with Crippen molar-refractivity contribution >= 4 is 16.9 Å². The zero-order chi connectivity index (χ0) is 17.4. The molecular weight excluding hydrogens is 314 g/mol. The van der Waals surface area contributed by atoms with Gasteiger partial charge in [0.2, 0.25) is 0 Å². The first-order valence-corrected chi connectivity index (χ1v) is 8.88. The van der Waals surface area contributed by atoms with E-state index >= 15 is 0 Å². The summed E-state index contributed by atoms with van der Waals surface area (Å²) in [6.45, 7) is 5.64. The van der Waals surface area contributed by atoms with Gasteiger partial charge in [-0.3, -0.25) is 9.89 Å². The van der Waals surface area contributed by atoms with Gasteiger partial charge < -0.3 is 9.32 Å². The summed E-state index contributed by atoms with van der Waals surface area (Å²) in [4.78, 5) is 14.9. The maximum Gasteiger partial charge on any atom is 0.253 e. The van der Waals surface area contributed by atoms with E-state index in [1.807, 2.05) is 42.3 Å². The first-order valence-electron chi connectivity index (χ1n) is 8.88. The van der Waals surface area contributed by atoms with Crippen molar-refractivity contribution in [2.24, 2.45) is 5.92 Å². The molecule has 3 heterocycles. The normalized spacial score (nSPS) is 18.0. The average Bonchev–Trinajstić information content (AvgIpc) is 3.18. The van der Waals surface area contributed by atoms with E-state index in [0.29, 0.717) is 5.92 Å². The number of aryl methyl sites for hydroxylation is 2. The first kappa shape index (κ1) is 15.9. The highest BCUT2D eigenvalue weighted by Crippen LogP contribution is 2.25. The third kappa shape index (κ3) is 3.18. The number of piperidine rings is 1. The predicted molar refractivity (Wildman–Crippen MR) is 96.6 cm³/mol. The molecular formula is C20H23N3O2. The van der Waals surface area contributed by atoms with Gasteiger partial charge in [-0.05, 0) is 68.9 Å². The fourth-order valence-electron chi connectivity index (χ4n) is 3.78. The number of carbonyl (C=O) groups excluding carboxylic acids is 1. The number of furan rings is 1. The molecule has 1 N–H and O–H groups in total. The lowest BCUT2D eigenvalue weighted by atomic mass is 9.92. The monoisotopic (exact) mass is 337 g/mol. The van der Waals surface area contributed by atoms with Gasteiger partial charge in [0.25, 0.3) is 5.91 Å². The number of H-pyrrole nitrogens is 1. The van der Waals surface area contributed by atoms with Gasteiger partial charge in [-0.1, -0.05) is 0 Å². The Hall–Kier alpha value is -2.56. The molecule has 0 aliphatic carbocycles. The van der Waals surface area contributed by atoms with Crippen LogP contribution in [0.25, 0.3) is 11.0 Å². The molecule has 1 aliphatic rings. The summed E-state index contributed by atoms with van der Waals surface area (Å²) in [5, 5.41) is 8.18. The van der Waals surface area contributed by atoms with Crippen LogP contribution in [0.5, 0.6) is 0 Å². The number of carbonyl (C=O) groups is 1. The van der Waals surface area contributed by atoms with E-state index in [1.165, 1.54) is 11.3 Å². The first-order chi connectivity index (χ1) is 12.1. The van der Waals surface area contributed by atoms with Crippen molar-refractivity contribution in [2.45, 2.75) is 33.1 Å². The van der Waals surface area contributed by atoms with E-state index < -0.39 is 0 Å². The SMILES string of the molecule is Cc1cc2cc(C(=O)N3CCC[C@H](Cc4[nH]ncc4C)C3)ccc2o1. The third-order valence-corrected chi connectivity index (χ3v) is 5.12. The molecule has 0 saturated carbocycles. The quantitative estimate of drug-likeness (QED) is 0.789. The number of aromatic amines is 1. The highest BCUT2D eigenvalue weighted by molar-refractivity contribution is 5.97. The van der Waals surface area contributed by atoms with Gasteiger partial charge in [-0.2, -0.15) is 5.10 Å². The molecule has 1 fully saturated rings. The van der Waals surface area contributed by atoms with Gasteiger partial charge in [0.05, 0.1) is 6.20 Å². The Bertz CT molecular complexity index is 909. The van der Waals surface area contributed by atoms with Crippen molar-refractivity contribution in [2.75, 3.05) is 13.1 Å². The Morgan fingerprint density at radius 2 is 2.24 bits per heavy atom. The molecule has 1 saturated heterocycles. The number of likely N-dealkylation sites (tertiary alicyclic amines) is 1. The molecule has 5 heteroatoms. The van der Waals surface area contributed by atoms with E-state index in [-0.39, 0.29) is 5.91 Å². The van der Waals surface area contributed by atoms with Crippen LogP contribution < -0.4 is 0 Å². The molecule has 3 aromatic rings. The summed E-state index contributed by atoms with van der Waals surface area (Å²) in [5.74, 6) is 1.47. The average molecular weight is 337 g/mol. The Kier molecular flexibility index (Phi) is 4.07. The van der Waals surface area contributed by atoms with Gasteiger partial charge in [-0.25, -0.2) is 0 Å². The fraction of sp³-hybridized carbons (Fsp3) is 0.400. The van der Waals surface area contributed by atoms with Crippen molar-refractivity contribution in [1.29, 1.82) is 0 Å². The van der Waals surface area contributed by atoms with Crippen LogP contribution in [0.2, 0.25) is 0 Å². The van der Waals surface area contributed by atoms with E-state index in [1.54, 1.807) is 0 Å². The van der Waals surface area contributed by atoms with E-state index in [0.717, 1.165) is 54.6 Å². The van der Waals surface area contributed by atoms with Crippen molar-refractivity contribution in [3.63, 3.8) is 0 Å². The molecule has 1 amide bonds. The molecule has 0 bridgehead atoms. The summed E-state index contributed by atoms with van der Waals surface area (Å²) in [7, 11) is 0. The molecule has 4 rings (SSSR count). The Morgan fingerprint density at radius 3 is 3.04 bits per heavy atom. The summed E-state index contributed by atoms with van der Waals surface area (Å²) in [6.07, 6.45) is 5.03. The smallest absolute Gasteiger partial charge is 0.253 e. The highest BCUT2D eigenvalue weighted by Gasteiger charge is 2.25. The summed E-state index contributed by atoms with van der Waals surface area (Å²) in [5.41, 5.74) is 3.96. The number of fused-ring (bicyclic) bond motifs is 1. The predicted octanol–water partition coefficient (Wildman–Crippen LogP) is 3.87. The van der Waals surface area contributed by atoms with Gasteiger partial charge >= 0.3 is 0 Å². The van der Waals surface area contributed by atoms with Crippen LogP contribution in [-0.2, 0) is 6.42 Å². The van der Waals surface area contributed by atoms with E-state index in [2.05, 4.69) is 17.1 Å². The lowest BCUT2D eigenvalue weighted by Crippen LogP contribution is -2.40. The summed E-state index contributed by atoms with van der Waals surface area (Å²) < 4.78 is 5.60. The molecule has 1 aromatic carbocycles. The maximum atomic E-state index is 12.9. The van der Waals surface area contributed by atoms with Crippen molar-refractivity contribution in [1.82, 2.24) is 15.1 Å².